The number of anilines is 1. The number of urea groups is 1. The zero-order valence-corrected chi connectivity index (χ0v) is 11.9. The van der Waals surface area contributed by atoms with E-state index in [2.05, 4.69) is 26.6 Å². The Bertz CT molecular complexity index is 587. The van der Waals surface area contributed by atoms with E-state index in [4.69, 9.17) is 5.11 Å². The van der Waals surface area contributed by atoms with Gasteiger partial charge in [0.1, 0.15) is 0 Å². The Labute approximate surface area is 119 Å². The lowest BCUT2D eigenvalue weighted by Gasteiger charge is -2.10. The van der Waals surface area contributed by atoms with E-state index < -0.39 is 0 Å². The average Bonchev–Trinajstić information content (AvgIpc) is 2.43. The van der Waals surface area contributed by atoms with Crippen molar-refractivity contribution in [2.75, 3.05) is 18.5 Å². The number of nitrogens with one attached hydrogen (secondary N) is 2. The molecule has 100 valence electrons. The molecular formula is C14H15BrN2O2. The molecule has 2 aromatic rings. The normalized spacial score (nSPS) is 10.4. The van der Waals surface area contributed by atoms with Gasteiger partial charge in [0.05, 0.1) is 5.69 Å². The predicted octanol–water partition coefficient (Wildman–Crippen LogP) is 3.11. The minimum Gasteiger partial charge on any atom is -0.396 e. The summed E-state index contributed by atoms with van der Waals surface area (Å²) in [5, 5.41) is 16.2. The molecule has 2 rings (SSSR count). The van der Waals surface area contributed by atoms with Gasteiger partial charge < -0.3 is 15.7 Å². The monoisotopic (exact) mass is 322 g/mol. The molecule has 0 saturated carbocycles. The first-order valence-corrected chi connectivity index (χ1v) is 6.84. The Morgan fingerprint density at radius 2 is 1.89 bits per heavy atom. The fourth-order valence-corrected chi connectivity index (χ4v) is 2.30. The van der Waals surface area contributed by atoms with Crippen LogP contribution >= 0.6 is 15.9 Å². The van der Waals surface area contributed by atoms with E-state index in [9.17, 15) is 4.79 Å². The number of hydrogen-bond donors (Lipinski definition) is 3. The summed E-state index contributed by atoms with van der Waals surface area (Å²) in [7, 11) is 0. The van der Waals surface area contributed by atoms with Gasteiger partial charge in [0.2, 0.25) is 0 Å². The van der Waals surface area contributed by atoms with Crippen LogP contribution < -0.4 is 10.6 Å². The lowest BCUT2D eigenvalue weighted by molar-refractivity contribution is 0.249. The van der Waals surface area contributed by atoms with Crippen LogP contribution in [0.2, 0.25) is 0 Å². The number of carbonyl (C=O) groups is 1. The van der Waals surface area contributed by atoms with E-state index in [0.29, 0.717) is 13.0 Å². The zero-order chi connectivity index (χ0) is 13.7. The third-order valence-corrected chi connectivity index (χ3v) is 3.43. The molecule has 0 unspecified atom stereocenters. The van der Waals surface area contributed by atoms with Crippen molar-refractivity contribution in [3.05, 3.63) is 40.9 Å². The van der Waals surface area contributed by atoms with Crippen molar-refractivity contribution in [1.82, 2.24) is 5.32 Å². The Morgan fingerprint density at radius 1 is 1.16 bits per heavy atom. The smallest absolute Gasteiger partial charge is 0.319 e. The molecular weight excluding hydrogens is 308 g/mol. The number of aliphatic hydroxyl groups is 1. The first-order valence-electron chi connectivity index (χ1n) is 6.05. The van der Waals surface area contributed by atoms with Crippen LogP contribution in [0.5, 0.6) is 0 Å². The molecule has 3 N–H and O–H groups in total. The van der Waals surface area contributed by atoms with Crippen LogP contribution in [-0.2, 0) is 0 Å². The molecule has 0 radical (unpaired) electrons. The maximum Gasteiger partial charge on any atom is 0.319 e. The Morgan fingerprint density at radius 3 is 2.63 bits per heavy atom. The van der Waals surface area contributed by atoms with Crippen LogP contribution in [0.3, 0.4) is 0 Å². The highest BCUT2D eigenvalue weighted by atomic mass is 79.9. The quantitative estimate of drug-likeness (QED) is 0.757. The van der Waals surface area contributed by atoms with E-state index in [-0.39, 0.29) is 12.6 Å². The number of benzene rings is 2. The topological polar surface area (TPSA) is 61.4 Å². The second-order valence-electron chi connectivity index (χ2n) is 4.10. The van der Waals surface area contributed by atoms with Crippen molar-refractivity contribution in [2.24, 2.45) is 0 Å². The minimum atomic E-state index is -0.263. The molecule has 2 amide bonds. The van der Waals surface area contributed by atoms with E-state index in [0.717, 1.165) is 20.9 Å². The molecule has 0 aromatic heterocycles. The number of rotatable bonds is 4. The molecule has 4 nitrogen and oxygen atoms in total. The van der Waals surface area contributed by atoms with Gasteiger partial charge in [0, 0.05) is 23.0 Å². The highest BCUT2D eigenvalue weighted by molar-refractivity contribution is 9.10. The number of carbonyl (C=O) groups excluding carboxylic acids is 1. The fourth-order valence-electron chi connectivity index (χ4n) is 1.82. The van der Waals surface area contributed by atoms with Crippen molar-refractivity contribution >= 4 is 38.4 Å². The molecule has 0 bridgehead atoms. The molecule has 0 saturated heterocycles. The summed E-state index contributed by atoms with van der Waals surface area (Å²) in [5.74, 6) is 0. The molecule has 2 aromatic carbocycles. The summed E-state index contributed by atoms with van der Waals surface area (Å²) in [6.45, 7) is 0.526. The molecule has 0 atom stereocenters. The standard InChI is InChI=1S/C14H15BrN2O2/c15-12-6-7-13(11-5-2-1-4-10(11)12)17-14(19)16-8-3-9-18/h1-2,4-7,18H,3,8-9H2,(H2,16,17,19). The molecule has 0 aliphatic carbocycles. The Kier molecular flexibility index (Phi) is 4.76. The molecule has 0 fully saturated rings. The number of halogens is 1. The van der Waals surface area contributed by atoms with Crippen LogP contribution in [-0.4, -0.2) is 24.3 Å². The van der Waals surface area contributed by atoms with Gasteiger partial charge in [-0.15, -0.1) is 0 Å². The second kappa shape index (κ2) is 6.54. The van der Waals surface area contributed by atoms with Gasteiger partial charge >= 0.3 is 6.03 Å². The number of fused-ring (bicyclic) bond motifs is 1. The summed E-state index contributed by atoms with van der Waals surface area (Å²) in [4.78, 5) is 11.7. The van der Waals surface area contributed by atoms with Crippen molar-refractivity contribution in [3.8, 4) is 0 Å². The van der Waals surface area contributed by atoms with Crippen LogP contribution in [0.15, 0.2) is 40.9 Å². The Balaban J connectivity index is 2.17. The van der Waals surface area contributed by atoms with E-state index in [1.165, 1.54) is 0 Å². The maximum absolute atomic E-state index is 11.7. The van der Waals surface area contributed by atoms with E-state index in [1.54, 1.807) is 0 Å². The van der Waals surface area contributed by atoms with Gasteiger partial charge in [-0.2, -0.15) is 0 Å². The van der Waals surface area contributed by atoms with Crippen LogP contribution in [0.1, 0.15) is 6.42 Å². The highest BCUT2D eigenvalue weighted by Gasteiger charge is 2.06. The summed E-state index contributed by atoms with van der Waals surface area (Å²) < 4.78 is 0.995. The second-order valence-corrected chi connectivity index (χ2v) is 4.95. The molecule has 0 aliphatic rings. The molecule has 0 spiro atoms. The van der Waals surface area contributed by atoms with Crippen molar-refractivity contribution in [2.45, 2.75) is 6.42 Å². The largest absolute Gasteiger partial charge is 0.396 e. The lowest BCUT2D eigenvalue weighted by atomic mass is 10.1. The van der Waals surface area contributed by atoms with Gasteiger partial charge in [-0.3, -0.25) is 0 Å². The van der Waals surface area contributed by atoms with Gasteiger partial charge in [0.25, 0.3) is 0 Å². The first-order chi connectivity index (χ1) is 9.22. The summed E-state index contributed by atoms with van der Waals surface area (Å²) in [5.41, 5.74) is 0.764. The fraction of sp³-hybridized carbons (Fsp3) is 0.214. The number of aliphatic hydroxyl groups excluding tert-OH is 1. The maximum atomic E-state index is 11.7. The third-order valence-electron chi connectivity index (χ3n) is 2.74. The van der Waals surface area contributed by atoms with E-state index in [1.807, 2.05) is 36.4 Å². The van der Waals surface area contributed by atoms with Gasteiger partial charge in [0.15, 0.2) is 0 Å². The first kappa shape index (κ1) is 13.8. The number of amides is 2. The van der Waals surface area contributed by atoms with Crippen LogP contribution in [0, 0.1) is 0 Å². The molecule has 0 heterocycles. The third kappa shape index (κ3) is 3.45. The van der Waals surface area contributed by atoms with Crippen molar-refractivity contribution < 1.29 is 9.90 Å². The minimum absolute atomic E-state index is 0.0709. The molecule has 5 heteroatoms. The van der Waals surface area contributed by atoms with Gasteiger partial charge in [-0.25, -0.2) is 4.79 Å². The number of hydrogen-bond acceptors (Lipinski definition) is 2. The zero-order valence-electron chi connectivity index (χ0n) is 10.3. The highest BCUT2D eigenvalue weighted by Crippen LogP contribution is 2.29. The summed E-state index contributed by atoms with van der Waals surface area (Å²) in [6.07, 6.45) is 0.550. The predicted molar refractivity (Wildman–Crippen MR) is 80.4 cm³/mol. The SMILES string of the molecule is O=C(NCCCO)Nc1ccc(Br)c2ccccc12. The van der Waals surface area contributed by atoms with Crippen molar-refractivity contribution in [3.63, 3.8) is 0 Å². The van der Waals surface area contributed by atoms with Crippen LogP contribution in [0.4, 0.5) is 10.5 Å². The van der Waals surface area contributed by atoms with Gasteiger partial charge in [-0.05, 0) is 23.9 Å². The summed E-state index contributed by atoms with van der Waals surface area (Å²) >= 11 is 3.49. The lowest BCUT2D eigenvalue weighted by Crippen LogP contribution is -2.29. The average molecular weight is 323 g/mol. The van der Waals surface area contributed by atoms with E-state index >= 15 is 0 Å². The van der Waals surface area contributed by atoms with Crippen LogP contribution in [0.25, 0.3) is 10.8 Å². The molecule has 0 aliphatic heterocycles. The Hall–Kier alpha value is -1.59. The van der Waals surface area contributed by atoms with Gasteiger partial charge in [-0.1, -0.05) is 40.2 Å². The molecule has 19 heavy (non-hydrogen) atoms. The summed E-state index contributed by atoms with van der Waals surface area (Å²) in [6, 6.07) is 11.4. The van der Waals surface area contributed by atoms with Crippen molar-refractivity contribution in [1.29, 1.82) is 0 Å².